The number of para-hydroxylation sites is 8. The standard InChI is InChI=1S/C66H50N4/c1-9-25-53(26-10-1)67(54-27-11-2-12-28-54)61-45-41-51(42-46-61)63-49-66(70(59-37-21-7-22-38-59)60-39-23-8-24-40-60)64(50-65(63)69(57-33-17-5-18-34-57)58-35-19-6-20-36-58)52-43-47-62(48-44-52)68(55-29-13-3-14-30-55)56-31-15-4-16-32-56/h1-50H. The predicted octanol–water partition coefficient (Wildman–Crippen LogP) is 18.9. The molecule has 0 atom stereocenters. The van der Waals surface area contributed by atoms with Gasteiger partial charge in [-0.2, -0.15) is 0 Å². The predicted molar refractivity (Wildman–Crippen MR) is 296 cm³/mol. The summed E-state index contributed by atoms with van der Waals surface area (Å²) in [5.41, 5.74) is 17.2. The van der Waals surface area contributed by atoms with E-state index in [4.69, 9.17) is 0 Å². The molecule has 0 saturated carbocycles. The van der Waals surface area contributed by atoms with Gasteiger partial charge in [-0.1, -0.05) is 170 Å². The topological polar surface area (TPSA) is 13.0 Å². The van der Waals surface area contributed by atoms with Crippen LogP contribution in [0.4, 0.5) is 68.2 Å². The van der Waals surface area contributed by atoms with E-state index in [1.165, 1.54) is 0 Å². The fraction of sp³-hybridized carbons (Fsp3) is 0. The van der Waals surface area contributed by atoms with Gasteiger partial charge in [-0.15, -0.1) is 0 Å². The Hall–Kier alpha value is -9.38. The van der Waals surface area contributed by atoms with Crippen molar-refractivity contribution in [2.75, 3.05) is 19.6 Å². The van der Waals surface area contributed by atoms with Gasteiger partial charge in [0.15, 0.2) is 0 Å². The largest absolute Gasteiger partial charge is 0.311 e. The number of hydrogen-bond donors (Lipinski definition) is 0. The molecule has 0 fully saturated rings. The number of anilines is 12. The molecule has 4 heteroatoms. The zero-order chi connectivity index (χ0) is 46.9. The highest BCUT2D eigenvalue weighted by Gasteiger charge is 2.25. The van der Waals surface area contributed by atoms with Crippen molar-refractivity contribution in [3.63, 3.8) is 0 Å². The quantitative estimate of drug-likeness (QED) is 0.108. The first-order valence-corrected chi connectivity index (χ1v) is 23.8. The fourth-order valence-corrected chi connectivity index (χ4v) is 9.35. The molecule has 4 nitrogen and oxygen atoms in total. The lowest BCUT2D eigenvalue weighted by Crippen LogP contribution is -2.15. The Morgan fingerprint density at radius 3 is 0.529 bits per heavy atom. The average molecular weight is 899 g/mol. The highest BCUT2D eigenvalue weighted by atomic mass is 15.2. The van der Waals surface area contributed by atoms with Crippen molar-refractivity contribution >= 4 is 68.2 Å². The summed E-state index contributed by atoms with van der Waals surface area (Å²) in [5.74, 6) is 0. The first-order valence-electron chi connectivity index (χ1n) is 23.8. The molecule has 70 heavy (non-hydrogen) atoms. The summed E-state index contributed by atoms with van der Waals surface area (Å²) < 4.78 is 0. The van der Waals surface area contributed by atoms with Crippen LogP contribution in [-0.2, 0) is 0 Å². The van der Waals surface area contributed by atoms with E-state index >= 15 is 0 Å². The molecule has 11 aromatic rings. The normalized spacial score (nSPS) is 10.9. The second kappa shape index (κ2) is 20.2. The van der Waals surface area contributed by atoms with Crippen LogP contribution in [-0.4, -0.2) is 0 Å². The van der Waals surface area contributed by atoms with Gasteiger partial charge in [-0.25, -0.2) is 0 Å². The zero-order valence-electron chi connectivity index (χ0n) is 38.7. The molecule has 0 N–H and O–H groups in total. The SMILES string of the molecule is c1ccc(N(c2ccccc2)c2ccc(-c3cc(N(c4ccccc4)c4ccccc4)c(-c4ccc(N(c5ccccc5)c5ccccc5)cc4)cc3N(c3ccccc3)c3ccccc3)cc2)cc1. The van der Waals surface area contributed by atoms with Crippen molar-refractivity contribution in [3.8, 4) is 22.3 Å². The van der Waals surface area contributed by atoms with Crippen LogP contribution in [0.5, 0.6) is 0 Å². The van der Waals surface area contributed by atoms with Crippen molar-refractivity contribution in [1.82, 2.24) is 0 Å². The van der Waals surface area contributed by atoms with Crippen molar-refractivity contribution in [3.05, 3.63) is 303 Å². The molecule has 0 radical (unpaired) electrons. The van der Waals surface area contributed by atoms with Gasteiger partial charge in [0.25, 0.3) is 0 Å². The molecule has 0 spiro atoms. The van der Waals surface area contributed by atoms with Crippen LogP contribution in [0.3, 0.4) is 0 Å². The molecule has 0 aliphatic carbocycles. The van der Waals surface area contributed by atoms with Gasteiger partial charge in [0.1, 0.15) is 0 Å². The molecule has 0 aliphatic heterocycles. The van der Waals surface area contributed by atoms with Crippen molar-refractivity contribution in [2.24, 2.45) is 0 Å². The van der Waals surface area contributed by atoms with Crippen LogP contribution >= 0.6 is 0 Å². The first kappa shape index (κ1) is 43.2. The Kier molecular flexibility index (Phi) is 12.5. The Morgan fingerprint density at radius 2 is 0.329 bits per heavy atom. The third kappa shape index (κ3) is 9.05. The Morgan fingerprint density at radius 1 is 0.157 bits per heavy atom. The first-order chi connectivity index (χ1) is 34.8. The van der Waals surface area contributed by atoms with E-state index in [2.05, 4.69) is 323 Å². The van der Waals surface area contributed by atoms with Gasteiger partial charge in [0.2, 0.25) is 0 Å². The van der Waals surface area contributed by atoms with Gasteiger partial charge >= 0.3 is 0 Å². The second-order valence-corrected chi connectivity index (χ2v) is 17.0. The van der Waals surface area contributed by atoms with Crippen LogP contribution in [0.15, 0.2) is 303 Å². The highest BCUT2D eigenvalue weighted by Crippen LogP contribution is 2.50. The minimum absolute atomic E-state index is 1.05. The van der Waals surface area contributed by atoms with E-state index in [9.17, 15) is 0 Å². The smallest absolute Gasteiger partial charge is 0.0547 e. The van der Waals surface area contributed by atoms with Crippen molar-refractivity contribution in [2.45, 2.75) is 0 Å². The van der Waals surface area contributed by atoms with E-state index in [1.807, 2.05) is 0 Å². The third-order valence-corrected chi connectivity index (χ3v) is 12.6. The van der Waals surface area contributed by atoms with Gasteiger partial charge in [-0.3, -0.25) is 0 Å². The van der Waals surface area contributed by atoms with Crippen LogP contribution in [0, 0.1) is 0 Å². The lowest BCUT2D eigenvalue weighted by atomic mass is 9.93. The fourth-order valence-electron chi connectivity index (χ4n) is 9.35. The molecular formula is C66H50N4. The number of rotatable bonds is 14. The van der Waals surface area contributed by atoms with Gasteiger partial charge in [0.05, 0.1) is 11.4 Å². The Bertz CT molecular complexity index is 2980. The van der Waals surface area contributed by atoms with Crippen LogP contribution in [0.2, 0.25) is 0 Å². The molecule has 11 aromatic carbocycles. The number of benzene rings is 11. The number of nitrogens with zero attached hydrogens (tertiary/aromatic N) is 4. The molecule has 0 aliphatic rings. The molecule has 0 saturated heterocycles. The molecule has 334 valence electrons. The molecule has 0 aromatic heterocycles. The molecule has 0 unspecified atom stereocenters. The van der Waals surface area contributed by atoms with Crippen LogP contribution < -0.4 is 19.6 Å². The summed E-state index contributed by atoms with van der Waals surface area (Å²) in [4.78, 5) is 9.42. The molecule has 0 amide bonds. The van der Waals surface area contributed by atoms with E-state index in [0.29, 0.717) is 0 Å². The minimum Gasteiger partial charge on any atom is -0.311 e. The molecule has 0 heterocycles. The van der Waals surface area contributed by atoms with E-state index in [0.717, 1.165) is 90.5 Å². The van der Waals surface area contributed by atoms with Crippen molar-refractivity contribution in [1.29, 1.82) is 0 Å². The summed E-state index contributed by atoms with van der Waals surface area (Å²) >= 11 is 0. The summed E-state index contributed by atoms with van der Waals surface area (Å²) in [6, 6.07) is 108. The van der Waals surface area contributed by atoms with Crippen molar-refractivity contribution < 1.29 is 0 Å². The Balaban J connectivity index is 1.16. The maximum atomic E-state index is 2.40. The lowest BCUT2D eigenvalue weighted by Gasteiger charge is -2.33. The second-order valence-electron chi connectivity index (χ2n) is 17.0. The van der Waals surface area contributed by atoms with E-state index < -0.39 is 0 Å². The maximum Gasteiger partial charge on any atom is 0.0547 e. The highest BCUT2D eigenvalue weighted by molar-refractivity contribution is 5.99. The maximum absolute atomic E-state index is 2.40. The van der Waals surface area contributed by atoms with Crippen LogP contribution in [0.1, 0.15) is 0 Å². The van der Waals surface area contributed by atoms with E-state index in [-0.39, 0.29) is 0 Å². The Labute approximate surface area is 411 Å². The molecular weight excluding hydrogens is 849 g/mol. The third-order valence-electron chi connectivity index (χ3n) is 12.6. The summed E-state index contributed by atoms with van der Waals surface area (Å²) in [5, 5.41) is 0. The van der Waals surface area contributed by atoms with Gasteiger partial charge < -0.3 is 19.6 Å². The number of hydrogen-bond acceptors (Lipinski definition) is 4. The molecule has 11 rings (SSSR count). The average Bonchev–Trinajstić information content (AvgIpc) is 3.44. The molecule has 0 bridgehead atoms. The van der Waals surface area contributed by atoms with Crippen LogP contribution in [0.25, 0.3) is 22.3 Å². The minimum atomic E-state index is 1.05. The zero-order valence-corrected chi connectivity index (χ0v) is 38.7. The summed E-state index contributed by atoms with van der Waals surface area (Å²) in [6.45, 7) is 0. The summed E-state index contributed by atoms with van der Waals surface area (Å²) in [7, 11) is 0. The summed E-state index contributed by atoms with van der Waals surface area (Å²) in [6.07, 6.45) is 0. The van der Waals surface area contributed by atoms with Gasteiger partial charge in [0, 0.05) is 68.0 Å². The van der Waals surface area contributed by atoms with Gasteiger partial charge in [-0.05, 0) is 145 Å². The lowest BCUT2D eigenvalue weighted by molar-refractivity contribution is 1.25. The van der Waals surface area contributed by atoms with E-state index in [1.54, 1.807) is 0 Å². The monoisotopic (exact) mass is 898 g/mol.